The molecule has 0 radical (unpaired) electrons. The molecule has 2 rings (SSSR count). The van der Waals surface area contributed by atoms with Crippen molar-refractivity contribution in [3.8, 4) is 0 Å². The molecule has 2 N–H and O–H groups in total. The molecular weight excluding hydrogens is 212 g/mol. The van der Waals surface area contributed by atoms with Gasteiger partial charge < -0.3 is 5.73 Å². The van der Waals surface area contributed by atoms with Gasteiger partial charge in [0.1, 0.15) is 0 Å². The first kappa shape index (κ1) is 11.1. The number of hydrogen-bond donors (Lipinski definition) is 1. The minimum atomic E-state index is -0.467. The Morgan fingerprint density at radius 3 is 2.53 bits per heavy atom. The summed E-state index contributed by atoms with van der Waals surface area (Å²) in [4.78, 5) is 15.3. The molecule has 0 unspecified atom stereocenters. The summed E-state index contributed by atoms with van der Waals surface area (Å²) >= 11 is 0. The van der Waals surface area contributed by atoms with Crippen molar-refractivity contribution in [1.29, 1.82) is 0 Å². The number of carbonyl (C=O) groups is 1. The van der Waals surface area contributed by atoms with Gasteiger partial charge >= 0.3 is 0 Å². The number of nitrogens with zero attached hydrogens (tertiary/aromatic N) is 1. The van der Waals surface area contributed by atoms with Gasteiger partial charge in [-0.05, 0) is 23.8 Å². The monoisotopic (exact) mass is 224 g/mol. The van der Waals surface area contributed by atoms with Crippen LogP contribution in [0.5, 0.6) is 0 Å². The van der Waals surface area contributed by atoms with Crippen molar-refractivity contribution in [2.45, 2.75) is 0 Å². The van der Waals surface area contributed by atoms with E-state index in [1.54, 1.807) is 24.4 Å². The maximum atomic E-state index is 11.2. The number of pyridine rings is 1. The van der Waals surface area contributed by atoms with E-state index in [9.17, 15) is 4.79 Å². The highest BCUT2D eigenvalue weighted by Crippen LogP contribution is 2.10. The van der Waals surface area contributed by atoms with Crippen molar-refractivity contribution in [3.05, 3.63) is 65.5 Å². The zero-order valence-corrected chi connectivity index (χ0v) is 9.21. The Morgan fingerprint density at radius 2 is 1.82 bits per heavy atom. The van der Waals surface area contributed by atoms with Crippen LogP contribution in [0.15, 0.2) is 48.7 Å². The fourth-order valence-electron chi connectivity index (χ4n) is 1.50. The Morgan fingerprint density at radius 1 is 1.06 bits per heavy atom. The number of hydrogen-bond acceptors (Lipinski definition) is 2. The van der Waals surface area contributed by atoms with Gasteiger partial charge in [-0.25, -0.2) is 0 Å². The molecule has 3 heteroatoms. The molecule has 0 bridgehead atoms. The van der Waals surface area contributed by atoms with E-state index in [-0.39, 0.29) is 0 Å². The number of amides is 1. The normalized spacial score (nSPS) is 10.6. The van der Waals surface area contributed by atoms with E-state index >= 15 is 0 Å². The maximum Gasteiger partial charge on any atom is 0.250 e. The lowest BCUT2D eigenvalue weighted by atomic mass is 10.1. The average molecular weight is 224 g/mol. The molecule has 0 fully saturated rings. The number of aromatic nitrogens is 1. The smallest absolute Gasteiger partial charge is 0.250 e. The topological polar surface area (TPSA) is 56.0 Å². The van der Waals surface area contributed by atoms with Crippen LogP contribution in [0.2, 0.25) is 0 Å². The molecule has 0 aliphatic carbocycles. The van der Waals surface area contributed by atoms with Crippen molar-refractivity contribution >= 4 is 18.1 Å². The zero-order chi connectivity index (χ0) is 12.1. The lowest BCUT2D eigenvalue weighted by Gasteiger charge is -1.99. The molecule has 1 aromatic carbocycles. The third-order valence-corrected chi connectivity index (χ3v) is 2.34. The predicted molar refractivity (Wildman–Crippen MR) is 68.1 cm³/mol. The number of rotatable bonds is 3. The molecule has 17 heavy (non-hydrogen) atoms. The molecule has 0 saturated carbocycles. The molecule has 1 aromatic heterocycles. The second kappa shape index (κ2) is 5.07. The van der Waals surface area contributed by atoms with Gasteiger partial charge in [-0.3, -0.25) is 9.78 Å². The number of primary amides is 1. The first-order valence-corrected chi connectivity index (χ1v) is 5.25. The molecule has 0 aliphatic heterocycles. The summed E-state index contributed by atoms with van der Waals surface area (Å²) in [5.74, 6) is -0.467. The molecule has 0 saturated heterocycles. The van der Waals surface area contributed by atoms with E-state index in [0.717, 1.165) is 5.56 Å². The third-order valence-electron chi connectivity index (χ3n) is 2.34. The van der Waals surface area contributed by atoms with E-state index in [1.807, 2.05) is 36.4 Å². The average Bonchev–Trinajstić information content (AvgIpc) is 2.38. The minimum absolute atomic E-state index is 0.430. The Balaban J connectivity index is 2.30. The largest absolute Gasteiger partial charge is 0.366 e. The van der Waals surface area contributed by atoms with Crippen LogP contribution in [0.25, 0.3) is 12.2 Å². The molecule has 3 nitrogen and oxygen atoms in total. The Hall–Kier alpha value is -2.42. The first-order chi connectivity index (χ1) is 8.27. The van der Waals surface area contributed by atoms with E-state index in [1.165, 1.54) is 0 Å². The van der Waals surface area contributed by atoms with Gasteiger partial charge in [-0.1, -0.05) is 36.4 Å². The SMILES string of the molecule is NC(=O)c1cccnc1C=Cc1ccccc1. The lowest BCUT2D eigenvalue weighted by Crippen LogP contribution is -2.13. The number of benzene rings is 1. The molecule has 84 valence electrons. The molecule has 0 atom stereocenters. The summed E-state index contributed by atoms with van der Waals surface area (Å²) in [5, 5.41) is 0. The Kier molecular flexibility index (Phi) is 3.31. The van der Waals surface area contributed by atoms with E-state index in [2.05, 4.69) is 4.98 Å². The minimum Gasteiger partial charge on any atom is -0.366 e. The number of carbonyl (C=O) groups excluding carboxylic acids is 1. The van der Waals surface area contributed by atoms with Gasteiger partial charge in [0.2, 0.25) is 0 Å². The summed E-state index contributed by atoms with van der Waals surface area (Å²) in [6.45, 7) is 0. The highest BCUT2D eigenvalue weighted by atomic mass is 16.1. The van der Waals surface area contributed by atoms with Gasteiger partial charge in [0.15, 0.2) is 0 Å². The van der Waals surface area contributed by atoms with E-state index < -0.39 is 5.91 Å². The Labute approximate surface area is 99.6 Å². The molecule has 1 amide bonds. The van der Waals surface area contributed by atoms with Crippen LogP contribution in [-0.4, -0.2) is 10.9 Å². The quantitative estimate of drug-likeness (QED) is 0.870. The molecular formula is C14H12N2O. The van der Waals surface area contributed by atoms with Crippen LogP contribution in [0.3, 0.4) is 0 Å². The molecule has 1 heterocycles. The van der Waals surface area contributed by atoms with E-state index in [0.29, 0.717) is 11.3 Å². The number of nitrogens with two attached hydrogens (primary N) is 1. The molecule has 2 aromatic rings. The summed E-state index contributed by atoms with van der Waals surface area (Å²) in [6, 6.07) is 13.2. The van der Waals surface area contributed by atoms with Crippen LogP contribution in [0, 0.1) is 0 Å². The van der Waals surface area contributed by atoms with Gasteiger partial charge in [-0.2, -0.15) is 0 Å². The first-order valence-electron chi connectivity index (χ1n) is 5.25. The fourth-order valence-corrected chi connectivity index (χ4v) is 1.50. The second-order valence-corrected chi connectivity index (χ2v) is 3.54. The lowest BCUT2D eigenvalue weighted by molar-refractivity contribution is 0.1000. The van der Waals surface area contributed by atoms with Crippen molar-refractivity contribution in [2.24, 2.45) is 5.73 Å². The van der Waals surface area contributed by atoms with Gasteiger partial charge in [0, 0.05) is 6.20 Å². The summed E-state index contributed by atoms with van der Waals surface area (Å²) in [6.07, 6.45) is 5.32. The van der Waals surface area contributed by atoms with Gasteiger partial charge in [0.25, 0.3) is 5.91 Å². The standard InChI is InChI=1S/C14H12N2O/c15-14(17)12-7-4-10-16-13(12)9-8-11-5-2-1-3-6-11/h1-10H,(H2,15,17). The molecule has 0 aliphatic rings. The van der Waals surface area contributed by atoms with E-state index in [4.69, 9.17) is 5.73 Å². The van der Waals surface area contributed by atoms with Crippen molar-refractivity contribution in [1.82, 2.24) is 4.98 Å². The van der Waals surface area contributed by atoms with Crippen LogP contribution in [0.4, 0.5) is 0 Å². The Bertz CT molecular complexity index is 547. The van der Waals surface area contributed by atoms with Crippen LogP contribution in [0.1, 0.15) is 21.6 Å². The summed E-state index contributed by atoms with van der Waals surface area (Å²) in [5.41, 5.74) is 7.34. The van der Waals surface area contributed by atoms with Crippen molar-refractivity contribution in [2.75, 3.05) is 0 Å². The zero-order valence-electron chi connectivity index (χ0n) is 9.21. The van der Waals surface area contributed by atoms with Crippen LogP contribution in [-0.2, 0) is 0 Å². The summed E-state index contributed by atoms with van der Waals surface area (Å²) in [7, 11) is 0. The highest BCUT2D eigenvalue weighted by Gasteiger charge is 2.04. The van der Waals surface area contributed by atoms with Gasteiger partial charge in [0.05, 0.1) is 11.3 Å². The highest BCUT2D eigenvalue weighted by molar-refractivity contribution is 5.96. The predicted octanol–water partition coefficient (Wildman–Crippen LogP) is 2.35. The molecule has 0 spiro atoms. The van der Waals surface area contributed by atoms with Crippen LogP contribution >= 0.6 is 0 Å². The van der Waals surface area contributed by atoms with Crippen LogP contribution < -0.4 is 5.73 Å². The van der Waals surface area contributed by atoms with Crippen molar-refractivity contribution < 1.29 is 4.79 Å². The van der Waals surface area contributed by atoms with Crippen molar-refractivity contribution in [3.63, 3.8) is 0 Å². The fraction of sp³-hybridized carbons (Fsp3) is 0. The second-order valence-electron chi connectivity index (χ2n) is 3.54. The maximum absolute atomic E-state index is 11.2. The summed E-state index contributed by atoms with van der Waals surface area (Å²) < 4.78 is 0. The van der Waals surface area contributed by atoms with Gasteiger partial charge in [-0.15, -0.1) is 0 Å². The third kappa shape index (κ3) is 2.78.